The van der Waals surface area contributed by atoms with Crippen LogP contribution in [-0.4, -0.2) is 18.0 Å². The predicted molar refractivity (Wildman–Crippen MR) is 118 cm³/mol. The van der Waals surface area contributed by atoms with Crippen LogP contribution in [0.1, 0.15) is 61.4 Å². The van der Waals surface area contributed by atoms with Gasteiger partial charge in [-0.25, -0.2) is 0 Å². The summed E-state index contributed by atoms with van der Waals surface area (Å²) in [6.07, 6.45) is 3.69. The van der Waals surface area contributed by atoms with Gasteiger partial charge in [-0.3, -0.25) is 4.90 Å². The molecule has 2 aromatic carbocycles. The van der Waals surface area contributed by atoms with E-state index in [4.69, 9.17) is 11.6 Å². The zero-order valence-corrected chi connectivity index (χ0v) is 17.9. The summed E-state index contributed by atoms with van der Waals surface area (Å²) in [5, 5.41) is 4.62. The normalized spacial score (nSPS) is 18.6. The van der Waals surface area contributed by atoms with Gasteiger partial charge in [-0.1, -0.05) is 56.1 Å². The minimum Gasteiger partial charge on any atom is -0.378 e. The van der Waals surface area contributed by atoms with Crippen LogP contribution < -0.4 is 5.32 Å². The molecule has 0 saturated carbocycles. The van der Waals surface area contributed by atoms with E-state index in [0.717, 1.165) is 29.5 Å². The summed E-state index contributed by atoms with van der Waals surface area (Å²) < 4.78 is 0. The highest BCUT2D eigenvalue weighted by Gasteiger charge is 2.21. The first-order valence-electron chi connectivity index (χ1n) is 10.3. The Labute approximate surface area is 169 Å². The number of benzene rings is 2. The van der Waals surface area contributed by atoms with Crippen molar-refractivity contribution in [3.63, 3.8) is 0 Å². The third kappa shape index (κ3) is 4.86. The summed E-state index contributed by atoms with van der Waals surface area (Å²) in [5.41, 5.74) is 6.51. The van der Waals surface area contributed by atoms with Gasteiger partial charge in [-0.2, -0.15) is 0 Å². The Morgan fingerprint density at radius 1 is 1.19 bits per heavy atom. The maximum atomic E-state index is 6.21. The Kier molecular flexibility index (Phi) is 6.83. The molecule has 146 valence electrons. The monoisotopic (exact) mass is 384 g/mol. The molecule has 1 saturated heterocycles. The van der Waals surface area contributed by atoms with Gasteiger partial charge in [0.1, 0.15) is 0 Å². The fourth-order valence-electron chi connectivity index (χ4n) is 4.14. The highest BCUT2D eigenvalue weighted by Crippen LogP contribution is 2.30. The first-order chi connectivity index (χ1) is 13.0. The summed E-state index contributed by atoms with van der Waals surface area (Å²) in [5.74, 6) is 0.879. The molecule has 1 heterocycles. The first kappa shape index (κ1) is 20.2. The number of anilines is 1. The number of likely N-dealkylation sites (tertiary alicyclic amines) is 1. The summed E-state index contributed by atoms with van der Waals surface area (Å²) in [7, 11) is 0. The van der Waals surface area contributed by atoms with E-state index < -0.39 is 0 Å². The Morgan fingerprint density at radius 3 is 2.67 bits per heavy atom. The Morgan fingerprint density at radius 2 is 2.00 bits per heavy atom. The van der Waals surface area contributed by atoms with Gasteiger partial charge in [0.2, 0.25) is 0 Å². The Hall–Kier alpha value is -1.51. The molecule has 3 heteroatoms. The van der Waals surface area contributed by atoms with Crippen LogP contribution in [0, 0.1) is 19.8 Å². The van der Waals surface area contributed by atoms with Crippen molar-refractivity contribution in [3.8, 4) is 0 Å². The topological polar surface area (TPSA) is 15.3 Å². The van der Waals surface area contributed by atoms with Gasteiger partial charge in [0.05, 0.1) is 6.04 Å². The van der Waals surface area contributed by atoms with Crippen molar-refractivity contribution in [2.45, 2.75) is 59.5 Å². The molecule has 2 atom stereocenters. The molecule has 0 bridgehead atoms. The second kappa shape index (κ2) is 9.12. The molecule has 0 radical (unpaired) electrons. The van der Waals surface area contributed by atoms with Gasteiger partial charge in [-0.05, 0) is 73.5 Å². The zero-order chi connectivity index (χ0) is 19.4. The zero-order valence-electron chi connectivity index (χ0n) is 17.2. The van der Waals surface area contributed by atoms with Crippen LogP contribution in [0.5, 0.6) is 0 Å². The molecule has 1 fully saturated rings. The molecule has 27 heavy (non-hydrogen) atoms. The van der Waals surface area contributed by atoms with Crippen molar-refractivity contribution in [2.75, 3.05) is 18.4 Å². The average molecular weight is 385 g/mol. The van der Waals surface area contributed by atoms with E-state index in [0.29, 0.717) is 6.04 Å². The van der Waals surface area contributed by atoms with Crippen LogP contribution in [0.2, 0.25) is 5.02 Å². The van der Waals surface area contributed by atoms with E-state index in [9.17, 15) is 0 Å². The molecule has 1 aliphatic heterocycles. The third-order valence-electron chi connectivity index (χ3n) is 6.11. The molecule has 1 unspecified atom stereocenters. The molecule has 0 aromatic heterocycles. The van der Waals surface area contributed by atoms with E-state index in [-0.39, 0.29) is 0 Å². The van der Waals surface area contributed by atoms with Crippen molar-refractivity contribution in [3.05, 3.63) is 63.7 Å². The van der Waals surface area contributed by atoms with E-state index >= 15 is 0 Å². The predicted octanol–water partition coefficient (Wildman–Crippen LogP) is 6.75. The number of nitrogens with zero attached hydrogens (tertiary/aromatic N) is 1. The Balaban J connectivity index is 1.75. The number of nitrogens with one attached hydrogen (secondary N) is 1. The minimum atomic E-state index is 0.297. The van der Waals surface area contributed by atoms with Gasteiger partial charge >= 0.3 is 0 Å². The Bertz CT molecular complexity index is 771. The first-order valence-corrected chi connectivity index (χ1v) is 10.7. The van der Waals surface area contributed by atoms with Crippen molar-refractivity contribution < 1.29 is 0 Å². The number of hydrogen-bond donors (Lipinski definition) is 1. The van der Waals surface area contributed by atoms with Crippen LogP contribution in [0.4, 0.5) is 5.69 Å². The molecular formula is C24H33ClN2. The van der Waals surface area contributed by atoms with Gasteiger partial charge in [0.15, 0.2) is 0 Å². The molecule has 1 aliphatic rings. The van der Waals surface area contributed by atoms with E-state index in [1.54, 1.807) is 0 Å². The summed E-state index contributed by atoms with van der Waals surface area (Å²) >= 11 is 6.21. The molecule has 0 amide bonds. The van der Waals surface area contributed by atoms with Crippen molar-refractivity contribution in [1.29, 1.82) is 0 Å². The van der Waals surface area contributed by atoms with Crippen molar-refractivity contribution >= 4 is 17.3 Å². The van der Waals surface area contributed by atoms with Gasteiger partial charge in [0, 0.05) is 23.8 Å². The number of halogens is 1. The molecule has 3 rings (SSSR count). The van der Waals surface area contributed by atoms with E-state index in [1.165, 1.54) is 48.3 Å². The maximum absolute atomic E-state index is 6.21. The second-order valence-electron chi connectivity index (χ2n) is 8.00. The molecule has 2 aromatic rings. The van der Waals surface area contributed by atoms with Crippen molar-refractivity contribution in [2.24, 2.45) is 5.92 Å². The third-order valence-corrected chi connectivity index (χ3v) is 6.53. The lowest BCUT2D eigenvalue weighted by Gasteiger charge is -2.23. The van der Waals surface area contributed by atoms with E-state index in [2.05, 4.69) is 68.2 Å². The standard InChI is InChI=1S/C24H33ClN2/c1-5-19-12-13-27(15-19)16-21-8-7-9-24(18(21)4)26-23(6-2)20-10-11-22(25)17(3)14-20/h7-11,14,19,23,26H,5-6,12-13,15-16H2,1-4H3/t19-,23?/m1/s1. The molecule has 0 spiro atoms. The van der Waals surface area contributed by atoms with E-state index in [1.807, 2.05) is 6.07 Å². The minimum absolute atomic E-state index is 0.297. The maximum Gasteiger partial charge on any atom is 0.0511 e. The SMILES string of the molecule is CCC(Nc1cccc(CN2CC[C@@H](CC)C2)c1C)c1ccc(Cl)c(C)c1. The summed E-state index contributed by atoms with van der Waals surface area (Å²) in [4.78, 5) is 2.61. The van der Waals surface area contributed by atoms with Crippen LogP contribution in [0.15, 0.2) is 36.4 Å². The number of rotatable bonds is 7. The summed E-state index contributed by atoms with van der Waals surface area (Å²) in [6, 6.07) is 13.3. The quantitative estimate of drug-likeness (QED) is 0.567. The number of aryl methyl sites for hydroxylation is 1. The van der Waals surface area contributed by atoms with Crippen LogP contribution in [-0.2, 0) is 6.54 Å². The molecule has 2 nitrogen and oxygen atoms in total. The van der Waals surface area contributed by atoms with Gasteiger partial charge in [0.25, 0.3) is 0 Å². The molecule has 1 N–H and O–H groups in total. The smallest absolute Gasteiger partial charge is 0.0511 e. The highest BCUT2D eigenvalue weighted by atomic mass is 35.5. The van der Waals surface area contributed by atoms with Crippen LogP contribution in [0.3, 0.4) is 0 Å². The number of hydrogen-bond acceptors (Lipinski definition) is 2. The fraction of sp³-hybridized carbons (Fsp3) is 0.500. The lowest BCUT2D eigenvalue weighted by atomic mass is 10.00. The van der Waals surface area contributed by atoms with Gasteiger partial charge in [-0.15, -0.1) is 0 Å². The van der Waals surface area contributed by atoms with Crippen molar-refractivity contribution in [1.82, 2.24) is 4.90 Å². The average Bonchev–Trinajstić information content (AvgIpc) is 3.12. The van der Waals surface area contributed by atoms with Gasteiger partial charge < -0.3 is 5.32 Å². The van der Waals surface area contributed by atoms with Crippen LogP contribution >= 0.6 is 11.6 Å². The lowest BCUT2D eigenvalue weighted by molar-refractivity contribution is 0.314. The molecule has 0 aliphatic carbocycles. The fourth-order valence-corrected chi connectivity index (χ4v) is 4.25. The lowest BCUT2D eigenvalue weighted by Crippen LogP contribution is -2.21. The highest BCUT2D eigenvalue weighted by molar-refractivity contribution is 6.31. The van der Waals surface area contributed by atoms with Crippen LogP contribution in [0.25, 0.3) is 0 Å². The largest absolute Gasteiger partial charge is 0.378 e. The summed E-state index contributed by atoms with van der Waals surface area (Å²) in [6.45, 7) is 12.4. The molecular weight excluding hydrogens is 352 g/mol. The second-order valence-corrected chi connectivity index (χ2v) is 8.41.